The molecule has 1 saturated carbocycles. The third-order valence-corrected chi connectivity index (χ3v) is 2.05. The maximum absolute atomic E-state index is 5.61. The molecule has 3 N–H and O–H groups in total. The Balaban J connectivity index is 2.08. The lowest BCUT2D eigenvalue weighted by atomic mass is 10.3. The second kappa shape index (κ2) is 1.01. The van der Waals surface area contributed by atoms with Gasteiger partial charge in [-0.05, 0) is 24.8 Å². The topological polar surface area (TPSA) is 38.0 Å². The molecule has 0 aromatic heterocycles. The largest absolute Gasteiger partial charge is 0.316 e. The first-order chi connectivity index (χ1) is 3.38. The molecule has 0 radical (unpaired) electrons. The van der Waals surface area contributed by atoms with E-state index in [0.717, 1.165) is 11.8 Å². The van der Waals surface area contributed by atoms with Gasteiger partial charge in [-0.1, -0.05) is 0 Å². The molecule has 2 heteroatoms. The van der Waals surface area contributed by atoms with Gasteiger partial charge in [0.1, 0.15) is 0 Å². The summed E-state index contributed by atoms with van der Waals surface area (Å²) in [4.78, 5) is 0. The van der Waals surface area contributed by atoms with Crippen LogP contribution in [0.3, 0.4) is 0 Å². The van der Waals surface area contributed by atoms with Crippen LogP contribution >= 0.6 is 0 Å². The highest BCUT2D eigenvalue weighted by Gasteiger charge is 2.46. The maximum Gasteiger partial charge on any atom is 0.0578 e. The van der Waals surface area contributed by atoms with Gasteiger partial charge in [0.25, 0.3) is 0 Å². The Kier molecular flexibility index (Phi) is 0.557. The predicted molar refractivity (Wildman–Crippen MR) is 27.6 cm³/mol. The van der Waals surface area contributed by atoms with Crippen molar-refractivity contribution in [1.29, 1.82) is 0 Å². The molecule has 1 aliphatic heterocycles. The molecule has 0 aromatic carbocycles. The SMILES string of the molecule is NC1NCC2CC21. The Morgan fingerprint density at radius 1 is 1.57 bits per heavy atom. The van der Waals surface area contributed by atoms with Crippen LogP contribution in [0.15, 0.2) is 0 Å². The number of nitrogens with two attached hydrogens (primary N) is 1. The van der Waals surface area contributed by atoms with E-state index in [1.807, 2.05) is 0 Å². The molecule has 2 aliphatic rings. The zero-order valence-electron chi connectivity index (χ0n) is 4.22. The molecule has 1 saturated heterocycles. The molecule has 1 heterocycles. The second-order valence-corrected chi connectivity index (χ2v) is 2.59. The average Bonchev–Trinajstić information content (AvgIpc) is 2.33. The van der Waals surface area contributed by atoms with E-state index in [4.69, 9.17) is 5.73 Å². The molecule has 2 rings (SSSR count). The molecule has 7 heavy (non-hydrogen) atoms. The lowest BCUT2D eigenvalue weighted by Gasteiger charge is -2.02. The van der Waals surface area contributed by atoms with E-state index < -0.39 is 0 Å². The summed E-state index contributed by atoms with van der Waals surface area (Å²) in [6.07, 6.45) is 1.72. The molecule has 0 amide bonds. The Hall–Kier alpha value is -0.0800. The highest BCUT2D eigenvalue weighted by molar-refractivity contribution is 4.99. The van der Waals surface area contributed by atoms with Gasteiger partial charge in [-0.2, -0.15) is 0 Å². The highest BCUT2D eigenvalue weighted by atomic mass is 15.1. The molecule has 40 valence electrons. The summed E-state index contributed by atoms with van der Waals surface area (Å²) in [7, 11) is 0. The first-order valence-electron chi connectivity index (χ1n) is 2.87. The van der Waals surface area contributed by atoms with Gasteiger partial charge in [0, 0.05) is 0 Å². The van der Waals surface area contributed by atoms with Gasteiger partial charge in [0.05, 0.1) is 6.17 Å². The van der Waals surface area contributed by atoms with E-state index in [0.29, 0.717) is 6.17 Å². The summed E-state index contributed by atoms with van der Waals surface area (Å²) >= 11 is 0. The van der Waals surface area contributed by atoms with E-state index >= 15 is 0 Å². The van der Waals surface area contributed by atoms with Gasteiger partial charge in [-0.25, -0.2) is 0 Å². The summed E-state index contributed by atoms with van der Waals surface area (Å²) < 4.78 is 0. The number of piperidine rings is 1. The van der Waals surface area contributed by atoms with Crippen molar-refractivity contribution in [3.05, 3.63) is 0 Å². The molecule has 0 aromatic rings. The number of hydrogen-bond donors (Lipinski definition) is 2. The smallest absolute Gasteiger partial charge is 0.0578 e. The lowest BCUT2D eigenvalue weighted by molar-refractivity contribution is 0.554. The molecular weight excluding hydrogens is 88.1 g/mol. The van der Waals surface area contributed by atoms with E-state index in [-0.39, 0.29) is 0 Å². The molecule has 1 aliphatic carbocycles. The minimum atomic E-state index is 0.338. The standard InChI is InChI=1S/C5H10N2/c6-5-4-1-3(4)2-7-5/h3-5,7H,1-2,6H2. The number of hydrogen-bond acceptors (Lipinski definition) is 2. The summed E-state index contributed by atoms with van der Waals surface area (Å²) in [5.41, 5.74) is 5.61. The van der Waals surface area contributed by atoms with Crippen molar-refractivity contribution in [2.45, 2.75) is 12.6 Å². The van der Waals surface area contributed by atoms with Crippen LogP contribution in [-0.4, -0.2) is 12.7 Å². The number of nitrogens with one attached hydrogen (secondary N) is 1. The van der Waals surface area contributed by atoms with E-state index in [1.165, 1.54) is 13.0 Å². The van der Waals surface area contributed by atoms with Crippen LogP contribution in [0, 0.1) is 11.8 Å². The van der Waals surface area contributed by atoms with Crippen molar-refractivity contribution in [2.75, 3.05) is 6.54 Å². The second-order valence-electron chi connectivity index (χ2n) is 2.59. The van der Waals surface area contributed by atoms with Gasteiger partial charge in [-0.15, -0.1) is 0 Å². The van der Waals surface area contributed by atoms with E-state index in [1.54, 1.807) is 0 Å². The minimum Gasteiger partial charge on any atom is -0.316 e. The lowest BCUT2D eigenvalue weighted by Crippen LogP contribution is -2.34. The predicted octanol–water partition coefficient (Wildman–Crippen LogP) is -0.490. The van der Waals surface area contributed by atoms with Crippen LogP contribution < -0.4 is 11.1 Å². The van der Waals surface area contributed by atoms with Crippen LogP contribution in [-0.2, 0) is 0 Å². The fourth-order valence-electron chi connectivity index (χ4n) is 1.38. The number of fused-ring (bicyclic) bond motifs is 1. The van der Waals surface area contributed by atoms with Crippen molar-refractivity contribution in [3.8, 4) is 0 Å². The third-order valence-electron chi connectivity index (χ3n) is 2.05. The van der Waals surface area contributed by atoms with Gasteiger partial charge < -0.3 is 11.1 Å². The normalized spacial score (nSPS) is 57.0. The quantitative estimate of drug-likeness (QED) is 0.429. The molecule has 2 nitrogen and oxygen atoms in total. The average molecular weight is 98.1 g/mol. The minimum absolute atomic E-state index is 0.338. The highest BCUT2D eigenvalue weighted by Crippen LogP contribution is 2.43. The van der Waals surface area contributed by atoms with Crippen LogP contribution in [0.2, 0.25) is 0 Å². The fraction of sp³-hybridized carbons (Fsp3) is 1.00. The fourth-order valence-corrected chi connectivity index (χ4v) is 1.38. The first-order valence-corrected chi connectivity index (χ1v) is 2.87. The van der Waals surface area contributed by atoms with Crippen molar-refractivity contribution < 1.29 is 0 Å². The Morgan fingerprint density at radius 2 is 2.43 bits per heavy atom. The van der Waals surface area contributed by atoms with Crippen LogP contribution in [0.1, 0.15) is 6.42 Å². The monoisotopic (exact) mass is 98.1 g/mol. The zero-order chi connectivity index (χ0) is 4.85. The molecule has 3 unspecified atom stereocenters. The summed E-state index contributed by atoms with van der Waals surface area (Å²) in [6.45, 7) is 1.17. The molecular formula is C5H10N2. The van der Waals surface area contributed by atoms with Crippen LogP contribution in [0.4, 0.5) is 0 Å². The Morgan fingerprint density at radius 3 is 2.57 bits per heavy atom. The Labute approximate surface area is 43.1 Å². The van der Waals surface area contributed by atoms with Gasteiger partial charge in [-0.3, -0.25) is 0 Å². The molecule has 2 fully saturated rings. The maximum atomic E-state index is 5.61. The Bertz CT molecular complexity index is 92.1. The van der Waals surface area contributed by atoms with Gasteiger partial charge >= 0.3 is 0 Å². The van der Waals surface area contributed by atoms with Crippen molar-refractivity contribution in [3.63, 3.8) is 0 Å². The number of rotatable bonds is 0. The molecule has 0 spiro atoms. The van der Waals surface area contributed by atoms with E-state index in [9.17, 15) is 0 Å². The van der Waals surface area contributed by atoms with Gasteiger partial charge in [0.2, 0.25) is 0 Å². The van der Waals surface area contributed by atoms with E-state index in [2.05, 4.69) is 5.32 Å². The molecule has 0 bridgehead atoms. The van der Waals surface area contributed by atoms with Crippen LogP contribution in [0.25, 0.3) is 0 Å². The van der Waals surface area contributed by atoms with Crippen LogP contribution in [0.5, 0.6) is 0 Å². The first kappa shape index (κ1) is 3.87. The zero-order valence-corrected chi connectivity index (χ0v) is 4.22. The van der Waals surface area contributed by atoms with Crippen molar-refractivity contribution in [2.24, 2.45) is 17.6 Å². The summed E-state index contributed by atoms with van der Waals surface area (Å²) in [6, 6.07) is 0. The molecule has 3 atom stereocenters. The van der Waals surface area contributed by atoms with Crippen molar-refractivity contribution >= 4 is 0 Å². The van der Waals surface area contributed by atoms with Gasteiger partial charge in [0.15, 0.2) is 0 Å². The van der Waals surface area contributed by atoms with Crippen molar-refractivity contribution in [1.82, 2.24) is 5.32 Å². The summed E-state index contributed by atoms with van der Waals surface area (Å²) in [5.74, 6) is 1.80. The summed E-state index contributed by atoms with van der Waals surface area (Å²) in [5, 5.41) is 3.20. The third kappa shape index (κ3) is 0.409.